The number of amides is 1. The van der Waals surface area contributed by atoms with E-state index in [0.29, 0.717) is 11.7 Å². The van der Waals surface area contributed by atoms with Gasteiger partial charge in [0.15, 0.2) is 11.0 Å². The third-order valence-electron chi connectivity index (χ3n) is 5.81. The maximum atomic E-state index is 13.6. The molecule has 4 rings (SSSR count). The summed E-state index contributed by atoms with van der Waals surface area (Å²) in [5.41, 5.74) is 1.93. The van der Waals surface area contributed by atoms with Gasteiger partial charge in [0, 0.05) is 19.3 Å². The molecule has 0 radical (unpaired) electrons. The second-order valence-corrected chi connectivity index (χ2v) is 9.82. The highest BCUT2D eigenvalue weighted by molar-refractivity contribution is 7.99. The first-order valence-electron chi connectivity index (χ1n) is 10.9. The van der Waals surface area contributed by atoms with Gasteiger partial charge in [0.1, 0.15) is 5.82 Å². The van der Waals surface area contributed by atoms with Crippen LogP contribution in [0.2, 0.25) is 0 Å². The molecule has 1 saturated heterocycles. The number of hydrogen-bond acceptors (Lipinski definition) is 6. The molecule has 1 atom stereocenters. The molecule has 0 aliphatic carbocycles. The first-order valence-corrected chi connectivity index (χ1v) is 12.8. The maximum Gasteiger partial charge on any atom is 0.233 e. The van der Waals surface area contributed by atoms with Crippen LogP contribution in [0, 0.1) is 5.82 Å². The minimum Gasteiger partial charge on any atom is -0.341 e. The third kappa shape index (κ3) is 5.39. The number of nitrogens with zero attached hydrogens (tertiary/aromatic N) is 5. The van der Waals surface area contributed by atoms with Crippen LogP contribution in [0.15, 0.2) is 46.2 Å². The van der Waals surface area contributed by atoms with Gasteiger partial charge in [-0.2, -0.15) is 11.3 Å². The number of rotatable bonds is 8. The Bertz CT molecular complexity index is 1020. The van der Waals surface area contributed by atoms with Gasteiger partial charge in [0.2, 0.25) is 5.91 Å². The molecule has 1 amide bonds. The Morgan fingerprint density at radius 2 is 1.94 bits per heavy atom. The van der Waals surface area contributed by atoms with Gasteiger partial charge < -0.3 is 4.90 Å². The van der Waals surface area contributed by atoms with Gasteiger partial charge in [-0.1, -0.05) is 18.2 Å². The van der Waals surface area contributed by atoms with Crippen molar-refractivity contribution < 1.29 is 9.18 Å². The number of thioether (sulfide) groups is 1. The highest BCUT2D eigenvalue weighted by Crippen LogP contribution is 2.29. The third-order valence-corrected chi connectivity index (χ3v) is 7.45. The number of thiophene rings is 1. The fourth-order valence-corrected chi connectivity index (χ4v) is 5.49. The summed E-state index contributed by atoms with van der Waals surface area (Å²) in [4.78, 5) is 16.9. The lowest BCUT2D eigenvalue weighted by Crippen LogP contribution is -2.33. The minimum atomic E-state index is -0.285. The predicted octanol–water partition coefficient (Wildman–Crippen LogP) is 4.77. The topological polar surface area (TPSA) is 54.3 Å². The molecule has 0 unspecified atom stereocenters. The maximum absolute atomic E-state index is 13.6. The highest BCUT2D eigenvalue weighted by atomic mass is 32.2. The lowest BCUT2D eigenvalue weighted by Gasteiger charge is -2.31. The van der Waals surface area contributed by atoms with Crippen LogP contribution in [0.4, 0.5) is 4.39 Å². The highest BCUT2D eigenvalue weighted by Gasteiger charge is 2.26. The SMILES string of the molecule is C[C@H](c1nnc(SCC(=O)N(C)Cc2ccsc2)n1-c1ccc(F)cc1)N1CCCCC1. The zero-order chi connectivity index (χ0) is 22.5. The van der Waals surface area contributed by atoms with Gasteiger partial charge in [0.25, 0.3) is 0 Å². The summed E-state index contributed by atoms with van der Waals surface area (Å²) < 4.78 is 15.5. The van der Waals surface area contributed by atoms with Crippen molar-refractivity contribution in [2.75, 3.05) is 25.9 Å². The molecule has 170 valence electrons. The van der Waals surface area contributed by atoms with Crippen molar-refractivity contribution in [3.63, 3.8) is 0 Å². The molecule has 0 saturated carbocycles. The Balaban J connectivity index is 1.53. The summed E-state index contributed by atoms with van der Waals surface area (Å²) in [5, 5.41) is 13.6. The van der Waals surface area contributed by atoms with Crippen molar-refractivity contribution in [2.24, 2.45) is 0 Å². The number of carbonyl (C=O) groups is 1. The molecule has 1 aromatic carbocycles. The Kier molecular flexibility index (Phi) is 7.59. The fourth-order valence-electron chi connectivity index (χ4n) is 3.93. The molecule has 1 fully saturated rings. The Labute approximate surface area is 196 Å². The molecule has 2 aromatic heterocycles. The minimum absolute atomic E-state index is 0.0282. The van der Waals surface area contributed by atoms with Crippen LogP contribution in [0.5, 0.6) is 0 Å². The number of halogens is 1. The summed E-state index contributed by atoms with van der Waals surface area (Å²) in [7, 11) is 1.81. The van der Waals surface area contributed by atoms with E-state index in [2.05, 4.69) is 27.4 Å². The van der Waals surface area contributed by atoms with Gasteiger partial charge in [-0.05, 0) is 79.5 Å². The number of aromatic nitrogens is 3. The second-order valence-electron chi connectivity index (χ2n) is 8.10. The van der Waals surface area contributed by atoms with E-state index in [9.17, 15) is 9.18 Å². The molecule has 32 heavy (non-hydrogen) atoms. The van der Waals surface area contributed by atoms with Gasteiger partial charge in [-0.25, -0.2) is 4.39 Å². The van der Waals surface area contributed by atoms with Crippen LogP contribution < -0.4 is 0 Å². The molecule has 0 N–H and O–H groups in total. The molecule has 1 aliphatic heterocycles. The van der Waals surface area contributed by atoms with Crippen LogP contribution in [-0.2, 0) is 11.3 Å². The van der Waals surface area contributed by atoms with E-state index >= 15 is 0 Å². The predicted molar refractivity (Wildman–Crippen MR) is 127 cm³/mol. The zero-order valence-corrected chi connectivity index (χ0v) is 20.0. The van der Waals surface area contributed by atoms with Gasteiger partial charge in [0.05, 0.1) is 11.8 Å². The van der Waals surface area contributed by atoms with Gasteiger partial charge in [-0.15, -0.1) is 10.2 Å². The second kappa shape index (κ2) is 10.6. The van der Waals surface area contributed by atoms with Crippen molar-refractivity contribution in [2.45, 2.75) is 43.9 Å². The van der Waals surface area contributed by atoms with Crippen molar-refractivity contribution >= 4 is 29.0 Å². The Morgan fingerprint density at radius 1 is 1.19 bits per heavy atom. The number of hydrogen-bond donors (Lipinski definition) is 0. The van der Waals surface area contributed by atoms with E-state index in [4.69, 9.17) is 0 Å². The number of likely N-dealkylation sites (tertiary alicyclic amines) is 1. The van der Waals surface area contributed by atoms with E-state index < -0.39 is 0 Å². The van der Waals surface area contributed by atoms with Crippen molar-refractivity contribution in [3.05, 3.63) is 58.3 Å². The molecular weight excluding hydrogens is 445 g/mol. The summed E-state index contributed by atoms with van der Waals surface area (Å²) in [5.74, 6) is 0.824. The average Bonchev–Trinajstić information content (AvgIpc) is 3.48. The van der Waals surface area contributed by atoms with E-state index in [-0.39, 0.29) is 23.5 Å². The Morgan fingerprint density at radius 3 is 2.62 bits per heavy atom. The molecule has 0 bridgehead atoms. The van der Waals surface area contributed by atoms with Crippen molar-refractivity contribution in [1.29, 1.82) is 0 Å². The van der Waals surface area contributed by atoms with Crippen molar-refractivity contribution in [1.82, 2.24) is 24.6 Å². The first kappa shape index (κ1) is 22.9. The van der Waals surface area contributed by atoms with Gasteiger partial charge >= 0.3 is 0 Å². The summed E-state index contributed by atoms with van der Waals surface area (Å²) >= 11 is 2.99. The molecule has 6 nitrogen and oxygen atoms in total. The molecule has 9 heteroatoms. The average molecular weight is 474 g/mol. The number of piperidine rings is 1. The largest absolute Gasteiger partial charge is 0.341 e. The van der Waals surface area contributed by atoms with Crippen LogP contribution >= 0.6 is 23.1 Å². The fraction of sp³-hybridized carbons (Fsp3) is 0.435. The number of benzene rings is 1. The molecule has 1 aliphatic rings. The summed E-state index contributed by atoms with van der Waals surface area (Å²) in [6, 6.07) is 8.47. The Hall–Kier alpha value is -2.23. The van der Waals surface area contributed by atoms with Crippen LogP contribution in [-0.4, -0.2) is 56.4 Å². The summed E-state index contributed by atoms with van der Waals surface area (Å²) in [6.07, 6.45) is 3.62. The van der Waals surface area contributed by atoms with Gasteiger partial charge in [-0.3, -0.25) is 14.3 Å². The monoisotopic (exact) mass is 473 g/mol. The quantitative estimate of drug-likeness (QED) is 0.441. The van der Waals surface area contributed by atoms with E-state index in [1.807, 2.05) is 23.1 Å². The van der Waals surface area contributed by atoms with Crippen LogP contribution in [0.3, 0.4) is 0 Å². The molecule has 3 heterocycles. The van der Waals surface area contributed by atoms with E-state index in [0.717, 1.165) is 30.2 Å². The zero-order valence-electron chi connectivity index (χ0n) is 18.4. The normalized spacial score (nSPS) is 15.6. The first-order chi connectivity index (χ1) is 15.5. The van der Waals surface area contributed by atoms with Crippen LogP contribution in [0.1, 0.15) is 43.6 Å². The van der Waals surface area contributed by atoms with Crippen molar-refractivity contribution in [3.8, 4) is 5.69 Å². The number of carbonyl (C=O) groups excluding carboxylic acids is 1. The molecule has 3 aromatic rings. The van der Waals surface area contributed by atoms with Crippen LogP contribution in [0.25, 0.3) is 5.69 Å². The standard InChI is InChI=1S/C23H28FN5OS2/c1-17(28-11-4-3-5-12-28)22-25-26-23(29(22)20-8-6-19(24)7-9-20)32-16-21(30)27(2)14-18-10-13-31-15-18/h6-10,13,15,17H,3-5,11-12,14,16H2,1-2H3/t17-/m1/s1. The molecular formula is C23H28FN5OS2. The molecule has 0 spiro atoms. The van der Waals surface area contributed by atoms with E-state index in [1.54, 1.807) is 28.4 Å². The smallest absolute Gasteiger partial charge is 0.233 e. The lowest BCUT2D eigenvalue weighted by atomic mass is 10.1. The summed E-state index contributed by atoms with van der Waals surface area (Å²) in [6.45, 7) is 4.80. The van der Waals surface area contributed by atoms with E-state index in [1.165, 1.54) is 43.2 Å². The lowest BCUT2D eigenvalue weighted by molar-refractivity contribution is -0.127.